The molecule has 3 nitrogen and oxygen atoms in total. The molecule has 1 aliphatic rings. The molecule has 0 spiro atoms. The van der Waals surface area contributed by atoms with Gasteiger partial charge in [0.1, 0.15) is 0 Å². The molecule has 0 N–H and O–H groups in total. The first-order valence-electron chi connectivity index (χ1n) is 6.43. The molecular formula is C14H18BrIN2O. The van der Waals surface area contributed by atoms with Gasteiger partial charge in [-0.2, -0.15) is 0 Å². The second-order valence-corrected chi connectivity index (χ2v) is 7.19. The smallest absolute Gasteiger partial charge is 0.255 e. The summed E-state index contributed by atoms with van der Waals surface area (Å²) < 4.78 is 1.96. The van der Waals surface area contributed by atoms with Gasteiger partial charge < -0.3 is 9.80 Å². The first-order chi connectivity index (χ1) is 8.99. The molecule has 104 valence electrons. The van der Waals surface area contributed by atoms with Crippen molar-refractivity contribution in [2.75, 3.05) is 26.7 Å². The van der Waals surface area contributed by atoms with Crippen molar-refractivity contribution >= 4 is 44.4 Å². The van der Waals surface area contributed by atoms with Crippen LogP contribution in [0.4, 0.5) is 0 Å². The largest absolute Gasteiger partial charge is 0.335 e. The summed E-state index contributed by atoms with van der Waals surface area (Å²) in [4.78, 5) is 17.0. The van der Waals surface area contributed by atoms with E-state index >= 15 is 0 Å². The predicted molar refractivity (Wildman–Crippen MR) is 89.5 cm³/mol. The number of carbonyl (C=O) groups is 1. The van der Waals surface area contributed by atoms with E-state index in [1.54, 1.807) is 0 Å². The van der Waals surface area contributed by atoms with Crippen molar-refractivity contribution in [3.8, 4) is 0 Å². The maximum atomic E-state index is 12.7. The van der Waals surface area contributed by atoms with Gasteiger partial charge in [0.15, 0.2) is 0 Å². The Bertz CT molecular complexity index is 481. The number of hydrogen-bond acceptors (Lipinski definition) is 2. The lowest BCUT2D eigenvalue weighted by atomic mass is 10.1. The second-order valence-electron chi connectivity index (χ2n) is 5.09. The van der Waals surface area contributed by atoms with E-state index in [2.05, 4.69) is 57.4 Å². The number of benzene rings is 1. The lowest BCUT2D eigenvalue weighted by Crippen LogP contribution is -2.42. The molecule has 1 aromatic carbocycles. The van der Waals surface area contributed by atoms with Gasteiger partial charge in [0.25, 0.3) is 5.91 Å². The van der Waals surface area contributed by atoms with Gasteiger partial charge in [-0.15, -0.1) is 0 Å². The number of likely N-dealkylation sites (N-methyl/N-ethyl adjacent to an activating group) is 1. The summed E-state index contributed by atoms with van der Waals surface area (Å²) in [5.74, 6) is 0.133. The minimum absolute atomic E-state index is 0.133. The van der Waals surface area contributed by atoms with Gasteiger partial charge in [0, 0.05) is 27.2 Å². The Kier molecular flexibility index (Phi) is 5.25. The van der Waals surface area contributed by atoms with Crippen LogP contribution >= 0.6 is 38.5 Å². The summed E-state index contributed by atoms with van der Waals surface area (Å²) in [6.07, 6.45) is 1.04. The van der Waals surface area contributed by atoms with Crippen LogP contribution < -0.4 is 0 Å². The molecule has 0 bridgehead atoms. The Labute approximate surface area is 136 Å². The molecule has 1 amide bonds. The zero-order valence-corrected chi connectivity index (χ0v) is 14.9. The van der Waals surface area contributed by atoms with Crippen molar-refractivity contribution < 1.29 is 4.79 Å². The number of hydrogen-bond donors (Lipinski definition) is 0. The van der Waals surface area contributed by atoms with Crippen LogP contribution in [0.5, 0.6) is 0 Å². The first-order valence-corrected chi connectivity index (χ1v) is 8.31. The van der Waals surface area contributed by atoms with Crippen molar-refractivity contribution in [3.05, 3.63) is 31.8 Å². The zero-order chi connectivity index (χ0) is 14.0. The predicted octanol–water partition coefficient (Wildman–Crippen LogP) is 3.22. The van der Waals surface area contributed by atoms with E-state index in [-0.39, 0.29) is 11.9 Å². The van der Waals surface area contributed by atoms with E-state index in [4.69, 9.17) is 0 Å². The van der Waals surface area contributed by atoms with Gasteiger partial charge >= 0.3 is 0 Å². The summed E-state index contributed by atoms with van der Waals surface area (Å²) >= 11 is 5.73. The molecule has 0 radical (unpaired) electrons. The molecule has 5 heteroatoms. The van der Waals surface area contributed by atoms with E-state index in [1.165, 1.54) is 0 Å². The number of rotatable bonds is 1. The van der Waals surface area contributed by atoms with Crippen LogP contribution in [-0.4, -0.2) is 48.4 Å². The fourth-order valence-corrected chi connectivity index (χ4v) is 3.40. The molecule has 1 saturated heterocycles. The minimum Gasteiger partial charge on any atom is -0.335 e. The Hall–Kier alpha value is -0.140. The normalized spacial score (nSPS) is 21.3. The van der Waals surface area contributed by atoms with Crippen LogP contribution in [0.1, 0.15) is 23.7 Å². The average molecular weight is 437 g/mol. The van der Waals surface area contributed by atoms with Crippen molar-refractivity contribution in [1.82, 2.24) is 9.80 Å². The van der Waals surface area contributed by atoms with E-state index in [9.17, 15) is 4.79 Å². The highest BCUT2D eigenvalue weighted by atomic mass is 127. The highest BCUT2D eigenvalue weighted by Gasteiger charge is 2.26. The van der Waals surface area contributed by atoms with Crippen LogP contribution in [0.3, 0.4) is 0 Å². The molecule has 1 aliphatic heterocycles. The summed E-state index contributed by atoms with van der Waals surface area (Å²) in [5.41, 5.74) is 0.767. The van der Waals surface area contributed by atoms with Gasteiger partial charge in [-0.1, -0.05) is 0 Å². The van der Waals surface area contributed by atoms with Crippen LogP contribution in [-0.2, 0) is 0 Å². The Morgan fingerprint density at radius 1 is 1.42 bits per heavy atom. The molecule has 1 atom stereocenters. The van der Waals surface area contributed by atoms with Crippen molar-refractivity contribution in [1.29, 1.82) is 0 Å². The third kappa shape index (κ3) is 3.70. The van der Waals surface area contributed by atoms with Gasteiger partial charge in [-0.25, -0.2) is 0 Å². The molecule has 1 aromatic rings. The van der Waals surface area contributed by atoms with E-state index in [1.807, 2.05) is 23.1 Å². The van der Waals surface area contributed by atoms with Gasteiger partial charge in [-0.3, -0.25) is 4.79 Å². The summed E-state index contributed by atoms with van der Waals surface area (Å²) in [7, 11) is 2.12. The minimum atomic E-state index is 0.133. The molecule has 1 unspecified atom stereocenters. The summed E-state index contributed by atoms with van der Waals surface area (Å²) in [6.45, 7) is 4.96. The number of halogens is 2. The third-order valence-electron chi connectivity index (χ3n) is 3.47. The van der Waals surface area contributed by atoms with Gasteiger partial charge in [0.2, 0.25) is 0 Å². The first kappa shape index (κ1) is 15.3. The Morgan fingerprint density at radius 2 is 2.16 bits per heavy atom. The average Bonchev–Trinajstić information content (AvgIpc) is 2.52. The van der Waals surface area contributed by atoms with Crippen LogP contribution in [0, 0.1) is 3.57 Å². The van der Waals surface area contributed by atoms with Gasteiger partial charge in [0.05, 0.1) is 5.56 Å². The fourth-order valence-electron chi connectivity index (χ4n) is 2.49. The third-order valence-corrected chi connectivity index (χ3v) is 4.83. The zero-order valence-electron chi connectivity index (χ0n) is 11.2. The highest BCUT2D eigenvalue weighted by Crippen LogP contribution is 2.23. The van der Waals surface area contributed by atoms with E-state index < -0.39 is 0 Å². The maximum absolute atomic E-state index is 12.7. The molecular weight excluding hydrogens is 419 g/mol. The molecule has 19 heavy (non-hydrogen) atoms. The van der Waals surface area contributed by atoms with Crippen molar-refractivity contribution in [3.63, 3.8) is 0 Å². The quantitative estimate of drug-likeness (QED) is 0.631. The van der Waals surface area contributed by atoms with Crippen LogP contribution in [0.15, 0.2) is 22.7 Å². The monoisotopic (exact) mass is 436 g/mol. The summed E-state index contributed by atoms with van der Waals surface area (Å²) in [5, 5.41) is 0. The number of carbonyl (C=O) groups excluding carboxylic acids is 1. The lowest BCUT2D eigenvalue weighted by molar-refractivity contribution is 0.0695. The van der Waals surface area contributed by atoms with Crippen LogP contribution in [0.25, 0.3) is 0 Å². The number of amides is 1. The highest BCUT2D eigenvalue weighted by molar-refractivity contribution is 14.1. The van der Waals surface area contributed by atoms with E-state index in [0.717, 1.165) is 39.7 Å². The van der Waals surface area contributed by atoms with Crippen LogP contribution in [0.2, 0.25) is 0 Å². The Morgan fingerprint density at radius 3 is 2.89 bits per heavy atom. The fraction of sp³-hybridized carbons (Fsp3) is 0.500. The topological polar surface area (TPSA) is 23.6 Å². The molecule has 0 saturated carbocycles. The maximum Gasteiger partial charge on any atom is 0.255 e. The molecule has 1 heterocycles. The van der Waals surface area contributed by atoms with E-state index in [0.29, 0.717) is 0 Å². The standard InChI is InChI=1S/C14H18BrIN2O/c1-10-9-17(2)6-3-7-18(10)14(19)12-8-11(16)4-5-13(12)15/h4-5,8,10H,3,6-7,9H2,1-2H3. The molecule has 0 aromatic heterocycles. The van der Waals surface area contributed by atoms with Crippen molar-refractivity contribution in [2.24, 2.45) is 0 Å². The Balaban J connectivity index is 2.25. The second kappa shape index (κ2) is 6.54. The number of nitrogens with zero attached hydrogens (tertiary/aromatic N) is 2. The van der Waals surface area contributed by atoms with Crippen molar-refractivity contribution in [2.45, 2.75) is 19.4 Å². The molecule has 0 aliphatic carbocycles. The SMILES string of the molecule is CC1CN(C)CCCN1C(=O)c1cc(I)ccc1Br. The molecule has 1 fully saturated rings. The molecule has 2 rings (SSSR count). The lowest BCUT2D eigenvalue weighted by Gasteiger charge is -2.28. The van der Waals surface area contributed by atoms with Gasteiger partial charge in [-0.05, 0) is 83.7 Å². The summed E-state index contributed by atoms with van der Waals surface area (Å²) in [6, 6.07) is 6.16.